The van der Waals surface area contributed by atoms with E-state index in [1.54, 1.807) is 11.3 Å². The van der Waals surface area contributed by atoms with Gasteiger partial charge in [-0.1, -0.05) is 182 Å². The highest BCUT2D eigenvalue weighted by molar-refractivity contribution is 7.22. The Hall–Kier alpha value is -9.24. The van der Waals surface area contributed by atoms with E-state index in [4.69, 9.17) is 19.9 Å². The second kappa shape index (κ2) is 17.3. The fourth-order valence-corrected chi connectivity index (χ4v) is 11.5. The van der Waals surface area contributed by atoms with Crippen molar-refractivity contribution in [1.29, 1.82) is 0 Å². The van der Waals surface area contributed by atoms with Crippen LogP contribution in [-0.4, -0.2) is 33.6 Å². The molecule has 4 heterocycles. The zero-order valence-corrected chi connectivity index (χ0v) is 39.7. The first kappa shape index (κ1) is 41.7. The Morgan fingerprint density at radius 1 is 0.375 bits per heavy atom. The molecule has 72 heavy (non-hydrogen) atoms. The van der Waals surface area contributed by atoms with E-state index in [0.29, 0.717) is 0 Å². The summed E-state index contributed by atoms with van der Waals surface area (Å²) in [6.45, 7) is 0. The topological polar surface area (TPSA) is 66.3 Å². The van der Waals surface area contributed by atoms with E-state index < -0.39 is 0 Å². The van der Waals surface area contributed by atoms with Crippen LogP contribution in [0.4, 0.5) is 0 Å². The predicted octanol–water partition coefficient (Wildman–Crippen LogP) is 16.4. The summed E-state index contributed by atoms with van der Waals surface area (Å²) in [5.41, 5.74) is 17.9. The number of hydrogen-bond donors (Lipinski definition) is 0. The van der Waals surface area contributed by atoms with Gasteiger partial charge in [-0.15, -0.1) is 11.3 Å². The monoisotopic (exact) mass is 941 g/mol. The molecule has 0 fully saturated rings. The molecule has 0 amide bonds. The number of benzene rings is 9. The van der Waals surface area contributed by atoms with Crippen molar-refractivity contribution in [1.82, 2.24) is 33.6 Å². The quantitative estimate of drug-likeness (QED) is 0.145. The molecule has 0 bridgehead atoms. The average molecular weight is 942 g/mol. The van der Waals surface area contributed by atoms with Gasteiger partial charge in [-0.2, -0.15) is 0 Å². The Bertz CT molecular complexity index is 4020. The second-order valence-corrected chi connectivity index (χ2v) is 19.2. The lowest BCUT2D eigenvalue weighted by Gasteiger charge is -2.19. The van der Waals surface area contributed by atoms with Gasteiger partial charge in [-0.25, -0.2) is 19.9 Å². The highest BCUT2D eigenvalue weighted by Gasteiger charge is 2.22. The van der Waals surface area contributed by atoms with E-state index in [-0.39, 0.29) is 6.04 Å². The van der Waals surface area contributed by atoms with Gasteiger partial charge in [0.15, 0.2) is 0 Å². The van der Waals surface area contributed by atoms with Gasteiger partial charge in [-0.3, -0.25) is 9.13 Å². The van der Waals surface area contributed by atoms with Crippen LogP contribution < -0.4 is 0 Å². The van der Waals surface area contributed by atoms with Gasteiger partial charge in [0.25, 0.3) is 0 Å². The van der Waals surface area contributed by atoms with Gasteiger partial charge in [0.05, 0.1) is 49.4 Å². The molecular weight excluding hydrogens is 899 g/mol. The molecule has 340 valence electrons. The molecule has 1 aliphatic carbocycles. The van der Waals surface area contributed by atoms with Crippen molar-refractivity contribution < 1.29 is 0 Å². The molecule has 0 spiro atoms. The van der Waals surface area contributed by atoms with E-state index in [1.165, 1.54) is 0 Å². The van der Waals surface area contributed by atoms with Crippen molar-refractivity contribution in [2.24, 2.45) is 0 Å². The number of para-hydroxylation sites is 8. The zero-order chi connectivity index (χ0) is 47.5. The van der Waals surface area contributed by atoms with Crippen LogP contribution >= 0.6 is 11.3 Å². The van der Waals surface area contributed by atoms with Gasteiger partial charge in [0, 0.05) is 44.8 Å². The van der Waals surface area contributed by atoms with Crippen molar-refractivity contribution in [2.75, 3.05) is 0 Å². The molecule has 0 N–H and O–H groups in total. The summed E-state index contributed by atoms with van der Waals surface area (Å²) in [6.07, 6.45) is 9.69. The lowest BCUT2D eigenvalue weighted by Crippen LogP contribution is -2.08. The lowest BCUT2D eigenvalue weighted by atomic mass is 9.97. The third-order valence-electron chi connectivity index (χ3n) is 13.9. The molecule has 0 aliphatic heterocycles. The molecule has 0 saturated carbocycles. The first-order valence-electron chi connectivity index (χ1n) is 24.3. The maximum absolute atomic E-state index is 5.52. The summed E-state index contributed by atoms with van der Waals surface area (Å²) >= 11 is 1.74. The van der Waals surface area contributed by atoms with E-state index >= 15 is 0 Å². The Morgan fingerprint density at radius 2 is 0.819 bits per heavy atom. The van der Waals surface area contributed by atoms with Crippen LogP contribution in [0.3, 0.4) is 0 Å². The second-order valence-electron chi connectivity index (χ2n) is 18.2. The first-order valence-corrected chi connectivity index (χ1v) is 25.1. The predicted molar refractivity (Wildman–Crippen MR) is 297 cm³/mol. The van der Waals surface area contributed by atoms with Crippen LogP contribution in [0, 0.1) is 0 Å². The average Bonchev–Trinajstić information content (AvgIpc) is 4.26. The van der Waals surface area contributed by atoms with Gasteiger partial charge >= 0.3 is 0 Å². The van der Waals surface area contributed by atoms with Gasteiger partial charge in [0.1, 0.15) is 22.5 Å². The number of nitrogens with zero attached hydrogens (tertiary/aromatic N) is 7. The number of imidazole rings is 3. The highest BCUT2D eigenvalue weighted by atomic mass is 32.1. The van der Waals surface area contributed by atoms with Crippen LogP contribution in [0.1, 0.15) is 12.5 Å². The first-order chi connectivity index (χ1) is 35.7. The van der Waals surface area contributed by atoms with Gasteiger partial charge in [-0.05, 0) is 78.2 Å². The van der Waals surface area contributed by atoms with Crippen molar-refractivity contribution in [3.63, 3.8) is 0 Å². The van der Waals surface area contributed by atoms with Crippen LogP contribution in [0.5, 0.6) is 0 Å². The van der Waals surface area contributed by atoms with Crippen molar-refractivity contribution >= 4 is 54.7 Å². The summed E-state index contributed by atoms with van der Waals surface area (Å²) in [5, 5.41) is 0.959. The number of allylic oxidation sites excluding steroid dienone is 4. The van der Waals surface area contributed by atoms with E-state index in [2.05, 4.69) is 238 Å². The molecule has 8 heteroatoms. The van der Waals surface area contributed by atoms with Crippen LogP contribution in [0.25, 0.3) is 122 Å². The molecule has 4 aromatic heterocycles. The molecule has 1 aliphatic rings. The molecule has 7 nitrogen and oxygen atoms in total. The SMILES string of the molecule is C1=CCC(n2c(-c3ccc(-c4nc5c(-c6ccc(-c7nc8ccccc8n7-c7ccccc7)cc6)ccc(-c6ccc(-c7nc8ccccc8n7-c7ccccc7)cc6)c5s4)cc3)nc3ccccc32)C=C1. The smallest absolute Gasteiger partial charge is 0.145 e. The number of rotatable bonds is 9. The normalized spacial score (nSPS) is 13.5. The Kier molecular flexibility index (Phi) is 10.0. The molecule has 14 rings (SSSR count). The molecule has 9 aromatic carbocycles. The van der Waals surface area contributed by atoms with Gasteiger partial charge < -0.3 is 4.57 Å². The Labute approximate surface area is 419 Å². The molecule has 0 radical (unpaired) electrons. The summed E-state index contributed by atoms with van der Waals surface area (Å²) < 4.78 is 8.01. The molecule has 13 aromatic rings. The summed E-state index contributed by atoms with van der Waals surface area (Å²) in [7, 11) is 0. The third-order valence-corrected chi connectivity index (χ3v) is 15.0. The maximum Gasteiger partial charge on any atom is 0.145 e. The van der Waals surface area contributed by atoms with Crippen LogP contribution in [0.2, 0.25) is 0 Å². The minimum Gasteiger partial charge on any atom is -0.317 e. The zero-order valence-electron chi connectivity index (χ0n) is 38.9. The highest BCUT2D eigenvalue weighted by Crippen LogP contribution is 2.43. The van der Waals surface area contributed by atoms with E-state index in [1.807, 2.05) is 18.2 Å². The third kappa shape index (κ3) is 7.10. The molecule has 1 unspecified atom stereocenters. The summed E-state index contributed by atoms with van der Waals surface area (Å²) in [4.78, 5) is 21.0. The number of aromatic nitrogens is 7. The van der Waals surface area contributed by atoms with E-state index in [0.717, 1.165) is 128 Å². The summed E-state index contributed by atoms with van der Waals surface area (Å²) in [6, 6.07) is 77.2. The number of thiazole rings is 1. The van der Waals surface area contributed by atoms with Crippen LogP contribution in [0.15, 0.2) is 243 Å². The summed E-state index contributed by atoms with van der Waals surface area (Å²) in [5.74, 6) is 2.77. The van der Waals surface area contributed by atoms with Gasteiger partial charge in [0.2, 0.25) is 0 Å². The maximum atomic E-state index is 5.52. The Morgan fingerprint density at radius 3 is 1.38 bits per heavy atom. The van der Waals surface area contributed by atoms with Crippen molar-refractivity contribution in [2.45, 2.75) is 12.5 Å². The molecule has 1 atom stereocenters. The van der Waals surface area contributed by atoms with Crippen LogP contribution in [-0.2, 0) is 0 Å². The van der Waals surface area contributed by atoms with Crippen molar-refractivity contribution in [3.8, 4) is 78.4 Å². The fourth-order valence-electron chi connectivity index (χ4n) is 10.4. The number of hydrogen-bond acceptors (Lipinski definition) is 5. The number of fused-ring (bicyclic) bond motifs is 4. The largest absolute Gasteiger partial charge is 0.317 e. The van der Waals surface area contributed by atoms with E-state index in [9.17, 15) is 0 Å². The Balaban J connectivity index is 0.876. The molecule has 0 saturated heterocycles. The fraction of sp³-hybridized carbons (Fsp3) is 0.0312. The lowest BCUT2D eigenvalue weighted by molar-refractivity contribution is 0.631. The minimum atomic E-state index is 0.191. The minimum absolute atomic E-state index is 0.191. The molecular formula is C64H43N7S. The standard InChI is InChI=1S/C64H43N7S/c1-4-16-48(17-5-1)69-56-25-13-10-22-53(56)65-61(69)44-32-28-42(29-33-44)51-40-41-52(43-30-34-45(35-31-43)62-66-54-23-11-14-26-57(54)70(62)49-18-6-2-7-19-49)60-59(51)68-64(72-60)47-38-36-46(37-39-47)63-67-55-24-12-15-27-58(55)71(63)50-20-8-3-9-21-50/h1-20,22-41,50H,21H2. The van der Waals surface area contributed by atoms with Crippen molar-refractivity contribution in [3.05, 3.63) is 243 Å².